The van der Waals surface area contributed by atoms with Crippen LogP contribution in [0.25, 0.3) is 6.08 Å². The lowest BCUT2D eigenvalue weighted by Gasteiger charge is -2.13. The van der Waals surface area contributed by atoms with Crippen LogP contribution in [-0.4, -0.2) is 36.4 Å². The molecule has 3 amide bonds. The second-order valence-electron chi connectivity index (χ2n) is 9.07. The molecule has 0 bridgehead atoms. The highest BCUT2D eigenvalue weighted by Gasteiger charge is 2.16. The minimum Gasteiger partial charge on any atom is -0.496 e. The summed E-state index contributed by atoms with van der Waals surface area (Å²) in [7, 11) is 1.53. The number of thioether (sulfide) groups is 1. The summed E-state index contributed by atoms with van der Waals surface area (Å²) in [4.78, 5) is 50.8. The largest absolute Gasteiger partial charge is 0.496 e. The Kier molecular flexibility index (Phi) is 10.3. The van der Waals surface area contributed by atoms with Crippen LogP contribution < -0.4 is 20.7 Å². The van der Waals surface area contributed by atoms with Crippen molar-refractivity contribution in [3.8, 4) is 5.75 Å². The smallest absolute Gasteiger partial charge is 0.272 e. The third-order valence-electron chi connectivity index (χ3n) is 6.02. The van der Waals surface area contributed by atoms with E-state index in [0.29, 0.717) is 33.8 Å². The number of nitrogens with one attached hydrogen (secondary N) is 3. The molecule has 0 aliphatic rings. The minimum absolute atomic E-state index is 0.0383. The van der Waals surface area contributed by atoms with Gasteiger partial charge in [0.2, 0.25) is 5.91 Å². The molecule has 0 aliphatic carbocycles. The van der Waals surface area contributed by atoms with Gasteiger partial charge in [-0.05, 0) is 79.7 Å². The molecule has 3 N–H and O–H groups in total. The average molecular weight is 580 g/mol. The van der Waals surface area contributed by atoms with Gasteiger partial charge in [0.1, 0.15) is 11.4 Å². The Labute approximate surface area is 248 Å². The highest BCUT2D eigenvalue weighted by molar-refractivity contribution is 8.00. The fourth-order valence-electron chi connectivity index (χ4n) is 3.85. The number of carbonyl (C=O) groups excluding carboxylic acids is 4. The summed E-state index contributed by atoms with van der Waals surface area (Å²) in [6.45, 7) is 1.49. The highest BCUT2D eigenvalue weighted by atomic mass is 32.2. The number of ketones is 1. The quantitative estimate of drug-likeness (QED) is 0.113. The van der Waals surface area contributed by atoms with Gasteiger partial charge in [-0.15, -0.1) is 11.8 Å². The van der Waals surface area contributed by atoms with Gasteiger partial charge in [0, 0.05) is 33.0 Å². The Hall–Kier alpha value is -5.15. The first-order valence-electron chi connectivity index (χ1n) is 13.0. The zero-order chi connectivity index (χ0) is 29.9. The first-order chi connectivity index (χ1) is 20.3. The molecule has 0 saturated carbocycles. The molecule has 0 saturated heterocycles. The monoisotopic (exact) mass is 579 g/mol. The normalized spacial score (nSPS) is 10.9. The van der Waals surface area contributed by atoms with Crippen LogP contribution >= 0.6 is 11.8 Å². The van der Waals surface area contributed by atoms with Crippen molar-refractivity contribution >= 4 is 52.7 Å². The van der Waals surface area contributed by atoms with Gasteiger partial charge in [-0.25, -0.2) is 0 Å². The number of amides is 3. The van der Waals surface area contributed by atoms with Crippen molar-refractivity contribution in [2.45, 2.75) is 11.8 Å². The number of methoxy groups -OCH3 is 1. The van der Waals surface area contributed by atoms with E-state index in [1.807, 2.05) is 12.1 Å². The summed E-state index contributed by atoms with van der Waals surface area (Å²) in [5, 5.41) is 8.34. The van der Waals surface area contributed by atoms with E-state index >= 15 is 0 Å². The summed E-state index contributed by atoms with van der Waals surface area (Å²) < 4.78 is 5.40. The van der Waals surface area contributed by atoms with E-state index in [1.54, 1.807) is 97.1 Å². The van der Waals surface area contributed by atoms with E-state index < -0.39 is 11.8 Å². The van der Waals surface area contributed by atoms with Crippen LogP contribution in [0.2, 0.25) is 0 Å². The second-order valence-corrected chi connectivity index (χ2v) is 10.1. The number of benzene rings is 4. The zero-order valence-electron chi connectivity index (χ0n) is 23.0. The van der Waals surface area contributed by atoms with E-state index in [1.165, 1.54) is 25.8 Å². The molecule has 4 rings (SSSR count). The van der Waals surface area contributed by atoms with Gasteiger partial charge >= 0.3 is 0 Å². The number of hydrogen-bond donors (Lipinski definition) is 3. The second kappa shape index (κ2) is 14.5. The molecule has 0 unspecified atom stereocenters. The number of Topliss-reactive ketones (excluding diaryl/α,β-unsaturated/α-hetero) is 1. The number of rotatable bonds is 11. The van der Waals surface area contributed by atoms with Crippen molar-refractivity contribution in [2.75, 3.05) is 23.5 Å². The lowest BCUT2D eigenvalue weighted by molar-refractivity contribution is -0.114. The van der Waals surface area contributed by atoms with Crippen LogP contribution in [0.1, 0.15) is 33.2 Å². The third kappa shape index (κ3) is 8.42. The fraction of sp³-hybridized carbons (Fsp3) is 0.0909. The molecule has 0 atom stereocenters. The Balaban J connectivity index is 1.40. The van der Waals surface area contributed by atoms with Gasteiger partial charge in [0.25, 0.3) is 11.8 Å². The summed E-state index contributed by atoms with van der Waals surface area (Å²) >= 11 is 1.34. The maximum atomic E-state index is 13.3. The Morgan fingerprint density at radius 2 is 1.36 bits per heavy atom. The molecular formula is C33H29N3O5S. The van der Waals surface area contributed by atoms with Crippen LogP contribution in [0.4, 0.5) is 11.4 Å². The Morgan fingerprint density at radius 1 is 0.738 bits per heavy atom. The molecule has 0 heterocycles. The van der Waals surface area contributed by atoms with Crippen LogP contribution in [-0.2, 0) is 9.59 Å². The van der Waals surface area contributed by atoms with Gasteiger partial charge in [-0.3, -0.25) is 19.2 Å². The molecule has 4 aromatic carbocycles. The van der Waals surface area contributed by atoms with Crippen molar-refractivity contribution < 1.29 is 23.9 Å². The Bertz CT molecular complexity index is 1600. The molecule has 0 aromatic heterocycles. The molecule has 9 heteroatoms. The molecule has 4 aromatic rings. The SMILES string of the molecule is COc1ccccc1/C=C(\NC(=O)c1ccccc1)C(=O)Nc1ccc(SCC(=O)Nc2ccc(C(C)=O)cc2)cc1. The first kappa shape index (κ1) is 29.8. The summed E-state index contributed by atoms with van der Waals surface area (Å²) in [6, 6.07) is 29.5. The van der Waals surface area contributed by atoms with Crippen molar-refractivity contribution in [1.29, 1.82) is 0 Å². The van der Waals surface area contributed by atoms with E-state index in [9.17, 15) is 19.2 Å². The van der Waals surface area contributed by atoms with Gasteiger partial charge in [-0.2, -0.15) is 0 Å². The molecule has 0 aliphatic heterocycles. The molecule has 0 fully saturated rings. The predicted molar refractivity (Wildman–Crippen MR) is 166 cm³/mol. The lowest BCUT2D eigenvalue weighted by Crippen LogP contribution is -2.30. The molecule has 212 valence electrons. The maximum absolute atomic E-state index is 13.3. The minimum atomic E-state index is -0.513. The van der Waals surface area contributed by atoms with Crippen molar-refractivity contribution in [2.24, 2.45) is 0 Å². The van der Waals surface area contributed by atoms with Crippen LogP contribution in [0.3, 0.4) is 0 Å². The molecule has 0 radical (unpaired) electrons. The predicted octanol–water partition coefficient (Wildman–Crippen LogP) is 6.04. The molecule has 42 heavy (non-hydrogen) atoms. The topological polar surface area (TPSA) is 114 Å². The van der Waals surface area contributed by atoms with E-state index in [2.05, 4.69) is 16.0 Å². The fourth-order valence-corrected chi connectivity index (χ4v) is 4.55. The highest BCUT2D eigenvalue weighted by Crippen LogP contribution is 2.23. The number of hydrogen-bond acceptors (Lipinski definition) is 6. The van der Waals surface area contributed by atoms with Crippen LogP contribution in [0.5, 0.6) is 5.75 Å². The van der Waals surface area contributed by atoms with Crippen molar-refractivity contribution in [3.63, 3.8) is 0 Å². The average Bonchev–Trinajstić information content (AvgIpc) is 3.01. The molecular weight excluding hydrogens is 550 g/mol. The number of carbonyl (C=O) groups is 4. The van der Waals surface area contributed by atoms with Crippen LogP contribution in [0.15, 0.2) is 114 Å². The van der Waals surface area contributed by atoms with Crippen molar-refractivity contribution in [1.82, 2.24) is 5.32 Å². The Morgan fingerprint density at radius 3 is 2.02 bits per heavy atom. The number of anilines is 2. The van der Waals surface area contributed by atoms with Crippen LogP contribution in [0, 0.1) is 0 Å². The summed E-state index contributed by atoms with van der Waals surface area (Å²) in [5.74, 6) is -0.433. The maximum Gasteiger partial charge on any atom is 0.272 e. The lowest BCUT2D eigenvalue weighted by atomic mass is 10.1. The molecule has 8 nitrogen and oxygen atoms in total. The number of ether oxygens (including phenoxy) is 1. The van der Waals surface area contributed by atoms with Crippen molar-refractivity contribution in [3.05, 3.63) is 126 Å². The third-order valence-corrected chi connectivity index (χ3v) is 7.04. The standard InChI is InChI=1S/C33H29N3O5S/c1-22(37)23-12-14-26(15-13-23)34-31(38)21-42-28-18-16-27(17-19-28)35-33(40)29(20-25-10-6-7-11-30(25)41-2)36-32(39)24-8-4-3-5-9-24/h3-20H,21H2,1-2H3,(H,34,38)(H,35,40)(H,36,39)/b29-20-. The van der Waals surface area contributed by atoms with E-state index in [0.717, 1.165) is 4.90 Å². The van der Waals surface area contributed by atoms with E-state index in [4.69, 9.17) is 4.74 Å². The summed E-state index contributed by atoms with van der Waals surface area (Å²) in [6.07, 6.45) is 1.56. The van der Waals surface area contributed by atoms with Gasteiger partial charge in [0.15, 0.2) is 5.78 Å². The number of para-hydroxylation sites is 1. The first-order valence-corrected chi connectivity index (χ1v) is 14.0. The zero-order valence-corrected chi connectivity index (χ0v) is 23.9. The van der Waals surface area contributed by atoms with Gasteiger partial charge < -0.3 is 20.7 Å². The summed E-state index contributed by atoms with van der Waals surface area (Å²) in [5.41, 5.74) is 2.78. The van der Waals surface area contributed by atoms with Gasteiger partial charge in [-0.1, -0.05) is 36.4 Å². The molecule has 0 spiro atoms. The van der Waals surface area contributed by atoms with Gasteiger partial charge in [0.05, 0.1) is 12.9 Å². The van der Waals surface area contributed by atoms with E-state index in [-0.39, 0.29) is 23.1 Å².